The molecule has 0 aromatic heterocycles. The molecule has 1 fully saturated rings. The maximum atomic E-state index is 12.1. The minimum Gasteiger partial charge on any atom is -0.325 e. The normalized spacial score (nSPS) is 18.8. The quantitative estimate of drug-likeness (QED) is 0.878. The van der Waals surface area contributed by atoms with Gasteiger partial charge in [-0.1, -0.05) is 17.7 Å². The van der Waals surface area contributed by atoms with E-state index in [9.17, 15) is 4.79 Å². The maximum absolute atomic E-state index is 12.1. The molecule has 116 valence electrons. The predicted molar refractivity (Wildman–Crippen MR) is 87.9 cm³/mol. The van der Waals surface area contributed by atoms with Crippen molar-refractivity contribution in [2.45, 2.75) is 19.8 Å². The molecule has 1 aromatic carbocycles. The second kappa shape index (κ2) is 7.78. The first kappa shape index (κ1) is 16.3. The first-order valence-electron chi connectivity index (χ1n) is 7.50. The fourth-order valence-corrected chi connectivity index (χ4v) is 2.94. The number of anilines is 1. The number of rotatable bonds is 5. The van der Waals surface area contributed by atoms with Gasteiger partial charge in [0.05, 0.1) is 6.54 Å². The lowest BCUT2D eigenvalue weighted by atomic mass is 9.99. The average molecular weight is 310 g/mol. The van der Waals surface area contributed by atoms with Crippen LogP contribution in [-0.4, -0.2) is 44.0 Å². The van der Waals surface area contributed by atoms with Crippen molar-refractivity contribution in [3.05, 3.63) is 28.8 Å². The van der Waals surface area contributed by atoms with Crippen LogP contribution in [-0.2, 0) is 4.79 Å². The summed E-state index contributed by atoms with van der Waals surface area (Å²) in [4.78, 5) is 14.2. The van der Waals surface area contributed by atoms with Gasteiger partial charge in [-0.25, -0.2) is 0 Å². The first-order valence-corrected chi connectivity index (χ1v) is 7.88. The fourth-order valence-electron chi connectivity index (χ4n) is 2.76. The molecule has 0 radical (unpaired) electrons. The molecule has 5 heteroatoms. The molecule has 1 heterocycles. The van der Waals surface area contributed by atoms with Gasteiger partial charge in [0.15, 0.2) is 0 Å². The SMILES string of the molecule is Cc1c(Cl)cccc1NC(=O)CN(C)CC1CCCNC1. The van der Waals surface area contributed by atoms with E-state index in [0.29, 0.717) is 17.5 Å². The third-order valence-corrected chi connectivity index (χ3v) is 4.33. The van der Waals surface area contributed by atoms with Gasteiger partial charge in [-0.2, -0.15) is 0 Å². The number of nitrogens with one attached hydrogen (secondary N) is 2. The lowest BCUT2D eigenvalue weighted by Crippen LogP contribution is -2.39. The van der Waals surface area contributed by atoms with Crippen LogP contribution in [0.5, 0.6) is 0 Å². The Hall–Kier alpha value is -1.10. The standard InChI is InChI=1S/C16H24ClN3O/c1-12-14(17)6-3-7-15(12)19-16(21)11-20(2)10-13-5-4-8-18-9-13/h3,6-7,13,18H,4-5,8-11H2,1-2H3,(H,19,21). The van der Waals surface area contributed by atoms with E-state index >= 15 is 0 Å². The highest BCUT2D eigenvalue weighted by Crippen LogP contribution is 2.22. The minimum absolute atomic E-state index is 0.00614. The van der Waals surface area contributed by atoms with Gasteiger partial charge in [0.2, 0.25) is 5.91 Å². The molecule has 1 unspecified atom stereocenters. The number of carbonyl (C=O) groups excluding carboxylic acids is 1. The number of hydrogen-bond donors (Lipinski definition) is 2. The van der Waals surface area contributed by atoms with E-state index < -0.39 is 0 Å². The molecule has 1 aliphatic heterocycles. The molecule has 0 aliphatic carbocycles. The van der Waals surface area contributed by atoms with Crippen molar-refractivity contribution in [2.75, 3.05) is 38.5 Å². The summed E-state index contributed by atoms with van der Waals surface area (Å²) < 4.78 is 0. The van der Waals surface area contributed by atoms with Gasteiger partial charge < -0.3 is 10.6 Å². The summed E-state index contributed by atoms with van der Waals surface area (Å²) >= 11 is 6.06. The number of nitrogens with zero attached hydrogens (tertiary/aromatic N) is 1. The molecule has 1 aliphatic rings. The molecule has 1 saturated heterocycles. The maximum Gasteiger partial charge on any atom is 0.238 e. The lowest BCUT2D eigenvalue weighted by molar-refractivity contribution is -0.117. The zero-order valence-electron chi connectivity index (χ0n) is 12.8. The van der Waals surface area contributed by atoms with Crippen LogP contribution in [0, 0.1) is 12.8 Å². The van der Waals surface area contributed by atoms with E-state index in [1.54, 1.807) is 0 Å². The number of likely N-dealkylation sites (N-methyl/N-ethyl adjacent to an activating group) is 1. The second-order valence-electron chi connectivity index (χ2n) is 5.87. The Balaban J connectivity index is 1.82. The van der Waals surface area contributed by atoms with Crippen molar-refractivity contribution in [2.24, 2.45) is 5.92 Å². The van der Waals surface area contributed by atoms with Crippen LogP contribution >= 0.6 is 11.6 Å². The summed E-state index contributed by atoms with van der Waals surface area (Å²) in [6, 6.07) is 5.56. The number of hydrogen-bond acceptors (Lipinski definition) is 3. The van der Waals surface area contributed by atoms with Crippen molar-refractivity contribution in [3.63, 3.8) is 0 Å². The Morgan fingerprint density at radius 3 is 3.05 bits per heavy atom. The molecular weight excluding hydrogens is 286 g/mol. The van der Waals surface area contributed by atoms with Crippen LogP contribution in [0.2, 0.25) is 5.02 Å². The number of halogens is 1. The molecule has 2 N–H and O–H groups in total. The predicted octanol–water partition coefficient (Wildman–Crippen LogP) is 2.52. The Morgan fingerprint density at radius 2 is 2.33 bits per heavy atom. The number of amides is 1. The van der Waals surface area contributed by atoms with Crippen molar-refractivity contribution in [1.29, 1.82) is 0 Å². The van der Waals surface area contributed by atoms with Gasteiger partial charge in [0.1, 0.15) is 0 Å². The van der Waals surface area contributed by atoms with Crippen LogP contribution in [0.1, 0.15) is 18.4 Å². The number of benzene rings is 1. The Bertz CT molecular complexity index is 486. The molecule has 0 bridgehead atoms. The van der Waals surface area contributed by atoms with Gasteiger partial charge in [0, 0.05) is 17.3 Å². The molecule has 1 atom stereocenters. The smallest absolute Gasteiger partial charge is 0.238 e. The molecule has 2 rings (SSSR count). The molecular formula is C16H24ClN3O. The molecule has 0 saturated carbocycles. The second-order valence-corrected chi connectivity index (χ2v) is 6.28. The molecule has 21 heavy (non-hydrogen) atoms. The van der Waals surface area contributed by atoms with Crippen molar-refractivity contribution in [3.8, 4) is 0 Å². The largest absolute Gasteiger partial charge is 0.325 e. The topological polar surface area (TPSA) is 44.4 Å². The van der Waals surface area contributed by atoms with Crippen molar-refractivity contribution < 1.29 is 4.79 Å². The molecule has 1 aromatic rings. The van der Waals surface area contributed by atoms with E-state index in [0.717, 1.165) is 30.9 Å². The summed E-state index contributed by atoms with van der Waals surface area (Å²) in [5.74, 6) is 0.649. The van der Waals surface area contributed by atoms with Gasteiger partial charge >= 0.3 is 0 Å². The minimum atomic E-state index is 0.00614. The third-order valence-electron chi connectivity index (χ3n) is 3.92. The van der Waals surface area contributed by atoms with Crippen molar-refractivity contribution >= 4 is 23.2 Å². The Morgan fingerprint density at radius 1 is 1.52 bits per heavy atom. The Labute approximate surface area is 131 Å². The van der Waals surface area contributed by atoms with E-state index in [1.165, 1.54) is 12.8 Å². The van der Waals surface area contributed by atoms with Crippen LogP contribution in [0.15, 0.2) is 18.2 Å². The van der Waals surface area contributed by atoms with E-state index in [-0.39, 0.29) is 5.91 Å². The molecule has 1 amide bonds. The summed E-state index contributed by atoms with van der Waals surface area (Å²) in [7, 11) is 2.00. The molecule has 0 spiro atoms. The van der Waals surface area contributed by atoms with Crippen LogP contribution < -0.4 is 10.6 Å². The monoisotopic (exact) mass is 309 g/mol. The highest BCUT2D eigenvalue weighted by Gasteiger charge is 2.16. The summed E-state index contributed by atoms with van der Waals surface area (Å²) in [5, 5.41) is 7.02. The zero-order valence-corrected chi connectivity index (χ0v) is 13.5. The van der Waals surface area contributed by atoms with Crippen LogP contribution in [0.4, 0.5) is 5.69 Å². The highest BCUT2D eigenvalue weighted by molar-refractivity contribution is 6.31. The lowest BCUT2D eigenvalue weighted by Gasteiger charge is -2.27. The van der Waals surface area contributed by atoms with Gasteiger partial charge in [-0.05, 0) is 63.5 Å². The van der Waals surface area contributed by atoms with Gasteiger partial charge in [-0.3, -0.25) is 9.69 Å². The summed E-state index contributed by atoms with van der Waals surface area (Å²) in [6.45, 7) is 5.45. The number of piperidine rings is 1. The number of carbonyl (C=O) groups is 1. The van der Waals surface area contributed by atoms with Crippen molar-refractivity contribution in [1.82, 2.24) is 10.2 Å². The van der Waals surface area contributed by atoms with E-state index in [4.69, 9.17) is 11.6 Å². The molecule has 4 nitrogen and oxygen atoms in total. The fraction of sp³-hybridized carbons (Fsp3) is 0.562. The summed E-state index contributed by atoms with van der Waals surface area (Å²) in [5.41, 5.74) is 1.70. The first-order chi connectivity index (χ1) is 10.1. The summed E-state index contributed by atoms with van der Waals surface area (Å²) in [6.07, 6.45) is 2.47. The Kier molecular flexibility index (Phi) is 6.03. The van der Waals surface area contributed by atoms with Gasteiger partial charge in [-0.15, -0.1) is 0 Å². The highest BCUT2D eigenvalue weighted by atomic mass is 35.5. The van der Waals surface area contributed by atoms with Gasteiger partial charge in [0.25, 0.3) is 0 Å². The van der Waals surface area contributed by atoms with E-state index in [2.05, 4.69) is 15.5 Å². The zero-order chi connectivity index (χ0) is 15.2. The third kappa shape index (κ3) is 4.99. The average Bonchev–Trinajstić information content (AvgIpc) is 2.44. The van der Waals surface area contributed by atoms with Crippen LogP contribution in [0.3, 0.4) is 0 Å². The van der Waals surface area contributed by atoms with Crippen LogP contribution in [0.25, 0.3) is 0 Å². The van der Waals surface area contributed by atoms with E-state index in [1.807, 2.05) is 32.2 Å².